The molecule has 4 rings (SSSR count). The van der Waals surface area contributed by atoms with Crippen molar-refractivity contribution in [1.29, 1.82) is 0 Å². The smallest absolute Gasteiger partial charge is 0.221 e. The average molecular weight is 346 g/mol. The molecule has 0 bridgehead atoms. The highest BCUT2D eigenvalue weighted by Crippen LogP contribution is 2.42. The third-order valence-electron chi connectivity index (χ3n) is 5.71. The second kappa shape index (κ2) is 6.64. The van der Waals surface area contributed by atoms with Crippen LogP contribution in [0.25, 0.3) is 5.57 Å². The fourth-order valence-electron chi connectivity index (χ4n) is 4.48. The number of nitrogens with one attached hydrogen (secondary N) is 1. The molecule has 26 heavy (non-hydrogen) atoms. The Morgan fingerprint density at radius 2 is 1.88 bits per heavy atom. The number of nitrogens with two attached hydrogens (primary N) is 1. The lowest BCUT2D eigenvalue weighted by molar-refractivity contribution is -0.118. The second-order valence-electron chi connectivity index (χ2n) is 7.71. The molecule has 2 aliphatic rings. The number of rotatable bonds is 2. The van der Waals surface area contributed by atoms with E-state index in [1.165, 1.54) is 28.7 Å². The Bertz CT molecular complexity index is 910. The van der Waals surface area contributed by atoms with Gasteiger partial charge in [0.05, 0.1) is 0 Å². The first-order valence-electron chi connectivity index (χ1n) is 9.54. The summed E-state index contributed by atoms with van der Waals surface area (Å²) < 4.78 is 0. The van der Waals surface area contributed by atoms with Gasteiger partial charge in [0, 0.05) is 29.4 Å². The van der Waals surface area contributed by atoms with Crippen molar-refractivity contribution in [2.24, 2.45) is 5.92 Å². The molecule has 134 valence electrons. The van der Waals surface area contributed by atoms with Gasteiger partial charge in [-0.15, -0.1) is 0 Å². The highest BCUT2D eigenvalue weighted by molar-refractivity contribution is 5.93. The minimum Gasteiger partial charge on any atom is -0.398 e. The number of allylic oxidation sites excluding steroid dienone is 1. The molecule has 0 radical (unpaired) electrons. The van der Waals surface area contributed by atoms with Crippen molar-refractivity contribution in [2.75, 3.05) is 5.73 Å². The van der Waals surface area contributed by atoms with Gasteiger partial charge in [-0.1, -0.05) is 37.3 Å². The van der Waals surface area contributed by atoms with Gasteiger partial charge in [-0.05, 0) is 66.3 Å². The van der Waals surface area contributed by atoms with E-state index in [-0.39, 0.29) is 5.91 Å². The molecule has 2 aliphatic carbocycles. The fourth-order valence-corrected chi connectivity index (χ4v) is 4.48. The van der Waals surface area contributed by atoms with Gasteiger partial charge >= 0.3 is 0 Å². The van der Waals surface area contributed by atoms with E-state index in [0.717, 1.165) is 48.2 Å². The van der Waals surface area contributed by atoms with Gasteiger partial charge in [0.1, 0.15) is 0 Å². The molecule has 2 aromatic rings. The Labute approximate surface area is 155 Å². The molecule has 3 nitrogen and oxygen atoms in total. The van der Waals surface area contributed by atoms with Crippen LogP contribution in [0.2, 0.25) is 0 Å². The number of hydrogen-bond acceptors (Lipinski definition) is 2. The fraction of sp³-hybridized carbons (Fsp3) is 0.348. The van der Waals surface area contributed by atoms with Gasteiger partial charge in [0.15, 0.2) is 0 Å². The second-order valence-corrected chi connectivity index (χ2v) is 7.71. The van der Waals surface area contributed by atoms with Gasteiger partial charge in [-0.2, -0.15) is 0 Å². The number of fused-ring (bicyclic) bond motifs is 2. The molecule has 0 saturated carbocycles. The topological polar surface area (TPSA) is 55.1 Å². The van der Waals surface area contributed by atoms with Crippen LogP contribution in [-0.2, 0) is 24.1 Å². The minimum absolute atomic E-state index is 0.0198. The van der Waals surface area contributed by atoms with Crippen LogP contribution >= 0.6 is 0 Å². The minimum atomic E-state index is -0.0198. The Morgan fingerprint density at radius 3 is 2.69 bits per heavy atom. The van der Waals surface area contributed by atoms with Crippen LogP contribution in [0.1, 0.15) is 54.5 Å². The number of nitrogen functional groups attached to an aromatic ring is 1. The van der Waals surface area contributed by atoms with Crippen LogP contribution in [0.5, 0.6) is 0 Å². The Morgan fingerprint density at radius 1 is 1.08 bits per heavy atom. The Kier molecular flexibility index (Phi) is 4.31. The van der Waals surface area contributed by atoms with Gasteiger partial charge in [-0.3, -0.25) is 4.79 Å². The summed E-state index contributed by atoms with van der Waals surface area (Å²) >= 11 is 0. The van der Waals surface area contributed by atoms with Crippen molar-refractivity contribution in [2.45, 2.75) is 46.0 Å². The zero-order chi connectivity index (χ0) is 18.3. The van der Waals surface area contributed by atoms with Gasteiger partial charge < -0.3 is 11.1 Å². The van der Waals surface area contributed by atoms with E-state index in [9.17, 15) is 4.79 Å². The number of anilines is 1. The summed E-state index contributed by atoms with van der Waals surface area (Å²) in [6.45, 7) is 3.89. The number of aryl methyl sites for hydroxylation is 2. The highest BCUT2D eigenvalue weighted by Gasteiger charge is 2.27. The van der Waals surface area contributed by atoms with Crippen molar-refractivity contribution >= 4 is 17.2 Å². The van der Waals surface area contributed by atoms with Crippen LogP contribution in [0.3, 0.4) is 0 Å². The van der Waals surface area contributed by atoms with Crippen LogP contribution < -0.4 is 11.1 Å². The zero-order valence-corrected chi connectivity index (χ0v) is 15.6. The molecule has 3 heteroatoms. The molecular formula is C23H26N2O. The molecule has 0 spiro atoms. The third-order valence-corrected chi connectivity index (χ3v) is 5.71. The van der Waals surface area contributed by atoms with E-state index in [1.807, 2.05) is 6.07 Å². The monoisotopic (exact) mass is 346 g/mol. The number of amides is 1. The highest BCUT2D eigenvalue weighted by atomic mass is 16.1. The maximum absolute atomic E-state index is 11.9. The lowest BCUT2D eigenvalue weighted by Gasteiger charge is -2.30. The largest absolute Gasteiger partial charge is 0.398 e. The first-order valence-corrected chi connectivity index (χ1v) is 9.54. The third kappa shape index (κ3) is 2.92. The first kappa shape index (κ1) is 16.9. The molecule has 1 atom stereocenters. The van der Waals surface area contributed by atoms with E-state index in [2.05, 4.69) is 42.6 Å². The number of carbonyl (C=O) groups is 1. The van der Waals surface area contributed by atoms with Crippen molar-refractivity contribution in [1.82, 2.24) is 5.32 Å². The first-order chi connectivity index (χ1) is 12.5. The molecule has 0 aromatic heterocycles. The molecule has 2 aromatic carbocycles. The summed E-state index contributed by atoms with van der Waals surface area (Å²) in [5, 5.41) is 3.10. The predicted molar refractivity (Wildman–Crippen MR) is 107 cm³/mol. The van der Waals surface area contributed by atoms with Crippen LogP contribution in [0.4, 0.5) is 5.69 Å². The summed E-state index contributed by atoms with van der Waals surface area (Å²) in [4.78, 5) is 11.9. The molecule has 3 N–H and O–H groups in total. The lowest BCUT2D eigenvalue weighted by atomic mass is 9.76. The number of carbonyl (C=O) groups excluding carboxylic acids is 1. The van der Waals surface area contributed by atoms with E-state index in [1.54, 1.807) is 6.92 Å². The maximum atomic E-state index is 11.9. The maximum Gasteiger partial charge on any atom is 0.221 e. The SMILES string of the molecule is CC(=O)NC1=C(c2c(N)ccc3c2C[C@@H](C)CC3)c2ccccc2CC1. The van der Waals surface area contributed by atoms with Crippen molar-refractivity contribution in [3.05, 3.63) is 69.9 Å². The van der Waals surface area contributed by atoms with Crippen molar-refractivity contribution in [3.8, 4) is 0 Å². The summed E-state index contributed by atoms with van der Waals surface area (Å²) in [5.41, 5.74) is 15.9. The van der Waals surface area contributed by atoms with Crippen LogP contribution in [0, 0.1) is 5.92 Å². The van der Waals surface area contributed by atoms with Gasteiger partial charge in [-0.25, -0.2) is 0 Å². The summed E-state index contributed by atoms with van der Waals surface area (Å²) in [5.74, 6) is 0.639. The molecule has 0 fully saturated rings. The molecule has 0 aliphatic heterocycles. The summed E-state index contributed by atoms with van der Waals surface area (Å²) in [6, 6.07) is 12.7. The van der Waals surface area contributed by atoms with E-state index in [4.69, 9.17) is 5.73 Å². The number of hydrogen-bond donors (Lipinski definition) is 2. The van der Waals surface area contributed by atoms with Crippen molar-refractivity contribution in [3.63, 3.8) is 0 Å². The predicted octanol–water partition coefficient (Wildman–Crippen LogP) is 4.24. The molecular weight excluding hydrogens is 320 g/mol. The van der Waals surface area contributed by atoms with Crippen LogP contribution in [0.15, 0.2) is 42.1 Å². The molecule has 0 saturated heterocycles. The van der Waals surface area contributed by atoms with E-state index >= 15 is 0 Å². The Hall–Kier alpha value is -2.55. The van der Waals surface area contributed by atoms with E-state index < -0.39 is 0 Å². The van der Waals surface area contributed by atoms with E-state index in [0.29, 0.717) is 5.92 Å². The van der Waals surface area contributed by atoms with Crippen molar-refractivity contribution < 1.29 is 4.79 Å². The quantitative estimate of drug-likeness (QED) is 0.799. The Balaban J connectivity index is 1.99. The van der Waals surface area contributed by atoms with Gasteiger partial charge in [0.25, 0.3) is 0 Å². The van der Waals surface area contributed by atoms with Crippen LogP contribution in [-0.4, -0.2) is 5.91 Å². The summed E-state index contributed by atoms with van der Waals surface area (Å²) in [6.07, 6.45) is 5.17. The normalized spacial score (nSPS) is 18.9. The molecule has 0 heterocycles. The molecule has 1 amide bonds. The average Bonchev–Trinajstić information content (AvgIpc) is 2.62. The zero-order valence-electron chi connectivity index (χ0n) is 15.6. The molecule has 0 unspecified atom stereocenters. The van der Waals surface area contributed by atoms with Gasteiger partial charge in [0.2, 0.25) is 5.91 Å². The standard InChI is InChI=1S/C23H26N2O/c1-14-7-8-17-9-11-20(24)22(19(17)13-14)23-18-6-4-3-5-16(18)10-12-21(23)25-15(2)26/h3-6,9,11,14H,7-8,10,12-13,24H2,1-2H3,(H,25,26)/t14-/m0/s1. The lowest BCUT2D eigenvalue weighted by Crippen LogP contribution is -2.25. The summed E-state index contributed by atoms with van der Waals surface area (Å²) in [7, 11) is 0. The number of benzene rings is 2.